The molecule has 0 atom stereocenters. The molecule has 3 heteroatoms. The van der Waals surface area contributed by atoms with E-state index in [1.165, 1.54) is 6.92 Å². The molecule has 0 aliphatic rings. The Hall–Kier alpha value is -0.580. The highest BCUT2D eigenvalue weighted by atomic mass is 127. The van der Waals surface area contributed by atoms with Gasteiger partial charge in [-0.3, -0.25) is 4.79 Å². The smallest absolute Gasteiger partial charge is 0.192 e. The maximum atomic E-state index is 11.1. The number of rotatable bonds is 2. The lowest BCUT2D eigenvalue weighted by Crippen LogP contribution is -1.94. The lowest BCUT2D eigenvalue weighted by molar-refractivity contribution is 0.101. The van der Waals surface area contributed by atoms with Crippen molar-refractivity contribution in [1.82, 2.24) is 0 Å². The highest BCUT2D eigenvalue weighted by Crippen LogP contribution is 2.22. The summed E-state index contributed by atoms with van der Waals surface area (Å²) in [6, 6.07) is 5.53. The van der Waals surface area contributed by atoms with Crippen LogP contribution in [-0.2, 0) is 0 Å². The van der Waals surface area contributed by atoms with E-state index < -0.39 is 0 Å². The van der Waals surface area contributed by atoms with Gasteiger partial charge in [-0.1, -0.05) is 6.07 Å². The minimum absolute atomic E-state index is 0.0293. The number of carbonyl (C=O) groups excluding carboxylic acids is 1. The molecular weight excluding hydrogens is 267 g/mol. The van der Waals surface area contributed by atoms with Crippen LogP contribution in [0.3, 0.4) is 0 Å². The molecule has 0 unspecified atom stereocenters. The van der Waals surface area contributed by atoms with Gasteiger partial charge in [-0.05, 0) is 31.5 Å². The maximum Gasteiger partial charge on any atom is 0.192 e. The number of carbonyl (C=O) groups is 1. The first-order chi connectivity index (χ1) is 5.65. The van der Waals surface area contributed by atoms with Gasteiger partial charge >= 0.3 is 0 Å². The zero-order valence-electron chi connectivity index (χ0n) is 6.93. The van der Waals surface area contributed by atoms with Gasteiger partial charge in [0.05, 0.1) is 5.56 Å². The molecule has 1 aromatic carbocycles. The summed E-state index contributed by atoms with van der Waals surface area (Å²) in [5, 5.41) is 0. The van der Waals surface area contributed by atoms with E-state index in [1.807, 2.05) is 19.1 Å². The Morgan fingerprint density at radius 1 is 1.50 bits per heavy atom. The quantitative estimate of drug-likeness (QED) is 0.613. The molecule has 1 rings (SSSR count). The number of benzene rings is 1. The van der Waals surface area contributed by atoms with E-state index in [2.05, 4.69) is 0 Å². The van der Waals surface area contributed by atoms with E-state index in [1.54, 1.807) is 29.1 Å². The van der Waals surface area contributed by atoms with Gasteiger partial charge in [-0.25, -0.2) is 0 Å². The normalized spacial score (nSPS) is 9.58. The third kappa shape index (κ3) is 1.97. The van der Waals surface area contributed by atoms with Crippen LogP contribution in [0.4, 0.5) is 0 Å². The van der Waals surface area contributed by atoms with Crippen LogP contribution in [-0.4, -0.2) is 5.78 Å². The Kier molecular flexibility index (Phi) is 3.08. The third-order valence-electron chi connectivity index (χ3n) is 1.60. The van der Waals surface area contributed by atoms with Crippen LogP contribution in [0.5, 0.6) is 5.75 Å². The van der Waals surface area contributed by atoms with Crippen molar-refractivity contribution in [2.75, 3.05) is 0 Å². The van der Waals surface area contributed by atoms with Crippen LogP contribution in [0.2, 0.25) is 0 Å². The van der Waals surface area contributed by atoms with E-state index in [0.29, 0.717) is 11.3 Å². The summed E-state index contributed by atoms with van der Waals surface area (Å²) >= 11 is 1.78. The molecule has 0 fully saturated rings. The monoisotopic (exact) mass is 276 g/mol. The first kappa shape index (κ1) is 9.51. The van der Waals surface area contributed by atoms with Crippen LogP contribution in [0.15, 0.2) is 18.2 Å². The van der Waals surface area contributed by atoms with E-state index >= 15 is 0 Å². The van der Waals surface area contributed by atoms with Crippen molar-refractivity contribution < 1.29 is 7.86 Å². The standard InChI is InChI=1S/C9H9IO2/c1-6-3-4-8(7(2)11)9(5-6)12-10/h3-5H,1-2H3. The van der Waals surface area contributed by atoms with Crippen LogP contribution in [0, 0.1) is 6.92 Å². The van der Waals surface area contributed by atoms with Crippen LogP contribution in [0.1, 0.15) is 22.8 Å². The number of ketones is 1. The third-order valence-corrected chi connectivity index (χ3v) is 2.07. The zero-order chi connectivity index (χ0) is 9.14. The van der Waals surface area contributed by atoms with Crippen molar-refractivity contribution in [2.45, 2.75) is 13.8 Å². The Bertz CT molecular complexity index is 307. The molecule has 0 aromatic heterocycles. The maximum absolute atomic E-state index is 11.1. The predicted molar refractivity (Wildman–Crippen MR) is 55.8 cm³/mol. The second-order valence-corrected chi connectivity index (χ2v) is 3.07. The van der Waals surface area contributed by atoms with Gasteiger partial charge in [-0.2, -0.15) is 0 Å². The summed E-state index contributed by atoms with van der Waals surface area (Å²) in [6.07, 6.45) is 0. The number of Topliss-reactive ketones (excluding diaryl/α,β-unsaturated/α-hetero) is 1. The summed E-state index contributed by atoms with van der Waals surface area (Å²) in [4.78, 5) is 11.1. The van der Waals surface area contributed by atoms with Crippen molar-refractivity contribution in [2.24, 2.45) is 0 Å². The molecule has 0 bridgehead atoms. The molecule has 0 aliphatic heterocycles. The molecule has 64 valence electrons. The van der Waals surface area contributed by atoms with Crippen molar-refractivity contribution in [3.63, 3.8) is 0 Å². The van der Waals surface area contributed by atoms with Crippen LogP contribution in [0.25, 0.3) is 0 Å². The van der Waals surface area contributed by atoms with Gasteiger partial charge < -0.3 is 3.07 Å². The minimum Gasteiger partial charge on any atom is -0.427 e. The molecule has 0 aliphatic carbocycles. The minimum atomic E-state index is 0.0293. The van der Waals surface area contributed by atoms with Gasteiger partial charge in [0.2, 0.25) is 0 Å². The molecule has 0 saturated carbocycles. The van der Waals surface area contributed by atoms with E-state index in [-0.39, 0.29) is 5.78 Å². The van der Waals surface area contributed by atoms with E-state index in [0.717, 1.165) is 5.56 Å². The number of hydrogen-bond donors (Lipinski definition) is 0. The predicted octanol–water partition coefficient (Wildman–Crippen LogP) is 2.93. The number of hydrogen-bond acceptors (Lipinski definition) is 2. The van der Waals surface area contributed by atoms with E-state index in [9.17, 15) is 4.79 Å². The fourth-order valence-corrected chi connectivity index (χ4v) is 1.35. The van der Waals surface area contributed by atoms with Crippen molar-refractivity contribution in [3.05, 3.63) is 29.3 Å². The lowest BCUT2D eigenvalue weighted by atomic mass is 10.1. The topological polar surface area (TPSA) is 26.3 Å². The first-order valence-corrected chi connectivity index (χ1v) is 4.43. The van der Waals surface area contributed by atoms with Crippen molar-refractivity contribution >= 4 is 28.8 Å². The summed E-state index contributed by atoms with van der Waals surface area (Å²) in [5.41, 5.74) is 1.72. The molecule has 1 aromatic rings. The summed E-state index contributed by atoms with van der Waals surface area (Å²) in [6.45, 7) is 3.49. The van der Waals surface area contributed by atoms with Gasteiger partial charge in [0.15, 0.2) is 28.8 Å². The summed E-state index contributed by atoms with van der Waals surface area (Å²) in [5.74, 6) is 0.671. The van der Waals surface area contributed by atoms with Crippen molar-refractivity contribution in [3.8, 4) is 5.75 Å². The summed E-state index contributed by atoms with van der Waals surface area (Å²) < 4.78 is 5.04. The van der Waals surface area contributed by atoms with Gasteiger partial charge in [0.25, 0.3) is 0 Å². The van der Waals surface area contributed by atoms with Crippen molar-refractivity contribution in [1.29, 1.82) is 0 Å². The second-order valence-electron chi connectivity index (χ2n) is 2.63. The fourth-order valence-electron chi connectivity index (χ4n) is 0.984. The molecule has 0 amide bonds. The average Bonchev–Trinajstić information content (AvgIpc) is 2.03. The highest BCUT2D eigenvalue weighted by Gasteiger charge is 2.07. The van der Waals surface area contributed by atoms with E-state index in [4.69, 9.17) is 3.07 Å². The number of aryl methyl sites for hydroxylation is 1. The molecule has 0 heterocycles. The van der Waals surface area contributed by atoms with Crippen LogP contribution < -0.4 is 3.07 Å². The molecular formula is C9H9IO2. The average molecular weight is 276 g/mol. The molecule has 0 radical (unpaired) electrons. The Morgan fingerprint density at radius 3 is 2.67 bits per heavy atom. The second kappa shape index (κ2) is 3.89. The fraction of sp³-hybridized carbons (Fsp3) is 0.222. The Balaban J connectivity index is 3.20. The Labute approximate surface area is 85.6 Å². The summed E-state index contributed by atoms with van der Waals surface area (Å²) in [7, 11) is 0. The first-order valence-electron chi connectivity index (χ1n) is 3.55. The van der Waals surface area contributed by atoms with Gasteiger partial charge in [-0.15, -0.1) is 0 Å². The Morgan fingerprint density at radius 2 is 2.17 bits per heavy atom. The molecule has 0 spiro atoms. The largest absolute Gasteiger partial charge is 0.427 e. The molecule has 2 nitrogen and oxygen atoms in total. The molecule has 0 saturated heterocycles. The SMILES string of the molecule is CC(=O)c1ccc(C)cc1OI. The van der Waals surface area contributed by atoms with Gasteiger partial charge in [0, 0.05) is 0 Å². The number of halogens is 1. The highest BCUT2D eigenvalue weighted by molar-refractivity contribution is 14.1. The van der Waals surface area contributed by atoms with Crippen LogP contribution >= 0.6 is 23.0 Å². The molecule has 12 heavy (non-hydrogen) atoms. The lowest BCUT2D eigenvalue weighted by Gasteiger charge is -2.03. The zero-order valence-corrected chi connectivity index (χ0v) is 9.08. The molecule has 0 N–H and O–H groups in total. The van der Waals surface area contributed by atoms with Gasteiger partial charge in [0.1, 0.15) is 5.75 Å².